The lowest BCUT2D eigenvalue weighted by molar-refractivity contribution is 0.625. The van der Waals surface area contributed by atoms with Gasteiger partial charge in [0.1, 0.15) is 5.82 Å². The van der Waals surface area contributed by atoms with E-state index in [0.717, 1.165) is 10.6 Å². The molecule has 0 aliphatic carbocycles. The third-order valence-electron chi connectivity index (χ3n) is 1.51. The quantitative estimate of drug-likeness (QED) is 0.729. The van der Waals surface area contributed by atoms with Crippen molar-refractivity contribution in [2.24, 2.45) is 0 Å². The number of hydrogen-bond acceptors (Lipinski definition) is 2. The summed E-state index contributed by atoms with van der Waals surface area (Å²) in [5, 5.41) is 3.09. The molecule has 1 N–H and O–H groups in total. The van der Waals surface area contributed by atoms with Crippen LogP contribution in [0.2, 0.25) is 5.02 Å². The number of halogens is 2. The molecule has 0 fully saturated rings. The molecule has 1 nitrogen and oxygen atoms in total. The van der Waals surface area contributed by atoms with E-state index in [2.05, 4.69) is 5.32 Å². The number of rotatable bonds is 2. The maximum Gasteiger partial charge on any atom is 0.143 e. The van der Waals surface area contributed by atoms with Crippen molar-refractivity contribution in [3.8, 4) is 0 Å². The first kappa shape index (κ1) is 18.0. The van der Waals surface area contributed by atoms with Crippen LogP contribution in [-0.4, -0.2) is 13.3 Å². The monoisotopic (exact) mass is 265 g/mol. The lowest BCUT2D eigenvalue weighted by Gasteiger charge is -2.07. The topological polar surface area (TPSA) is 12.0 Å². The maximum absolute atomic E-state index is 12.9. The highest BCUT2D eigenvalue weighted by Gasteiger charge is 2.05. The Bertz CT molecular complexity index is 264. The second-order valence-corrected chi connectivity index (χ2v) is 3.47. The van der Waals surface area contributed by atoms with Gasteiger partial charge < -0.3 is 5.32 Å². The molecule has 0 aliphatic heterocycles. The molecular formula is C12H21ClFNS. The first-order chi connectivity index (χ1) is 7.69. The van der Waals surface area contributed by atoms with Crippen LogP contribution >= 0.6 is 23.4 Å². The Kier molecular flexibility index (Phi) is 12.5. The van der Waals surface area contributed by atoms with E-state index in [1.807, 2.05) is 34.0 Å². The predicted octanol–water partition coefficient (Wildman–Crippen LogP) is 5.30. The fourth-order valence-electron chi connectivity index (χ4n) is 0.893. The average Bonchev–Trinajstić information content (AvgIpc) is 2.37. The van der Waals surface area contributed by atoms with Gasteiger partial charge >= 0.3 is 0 Å². The highest BCUT2D eigenvalue weighted by atomic mass is 35.5. The average molecular weight is 266 g/mol. The zero-order chi connectivity index (χ0) is 13.1. The lowest BCUT2D eigenvalue weighted by Crippen LogP contribution is -1.92. The fraction of sp³-hybridized carbons (Fsp3) is 0.500. The predicted molar refractivity (Wildman–Crippen MR) is 75.4 cm³/mol. The molecule has 94 valence electrons. The van der Waals surface area contributed by atoms with E-state index in [0.29, 0.717) is 0 Å². The Morgan fingerprint density at radius 1 is 1.19 bits per heavy atom. The molecule has 1 aromatic rings. The lowest BCUT2D eigenvalue weighted by atomic mass is 10.3. The molecule has 4 heteroatoms. The van der Waals surface area contributed by atoms with Crippen molar-refractivity contribution in [1.82, 2.24) is 0 Å². The zero-order valence-corrected chi connectivity index (χ0v) is 12.4. The first-order valence-corrected chi connectivity index (χ1v) is 7.00. The van der Waals surface area contributed by atoms with E-state index in [9.17, 15) is 4.39 Å². The second kappa shape index (κ2) is 11.1. The third-order valence-corrected chi connectivity index (χ3v) is 2.58. The Labute approximate surface area is 108 Å². The largest absolute Gasteiger partial charge is 0.387 e. The molecule has 0 heterocycles. The van der Waals surface area contributed by atoms with Crippen LogP contribution in [0.4, 0.5) is 10.1 Å². The Balaban J connectivity index is 0. The molecule has 0 spiro atoms. The first-order valence-electron chi connectivity index (χ1n) is 5.40. The normalized spacial score (nSPS) is 8.25. The van der Waals surface area contributed by atoms with E-state index in [4.69, 9.17) is 11.6 Å². The summed E-state index contributed by atoms with van der Waals surface area (Å²) in [6, 6.07) is 3.02. The molecule has 0 aliphatic rings. The summed E-state index contributed by atoms with van der Waals surface area (Å²) in [7, 11) is 1.78. The van der Waals surface area contributed by atoms with Crippen molar-refractivity contribution in [1.29, 1.82) is 0 Å². The van der Waals surface area contributed by atoms with Gasteiger partial charge in [-0.25, -0.2) is 4.39 Å². The minimum absolute atomic E-state index is 0.150. The van der Waals surface area contributed by atoms with Gasteiger partial charge in [-0.3, -0.25) is 0 Å². The Morgan fingerprint density at radius 3 is 2.06 bits per heavy atom. The van der Waals surface area contributed by atoms with Gasteiger partial charge in [0.2, 0.25) is 0 Å². The van der Waals surface area contributed by atoms with Crippen molar-refractivity contribution < 1.29 is 4.39 Å². The van der Waals surface area contributed by atoms with Gasteiger partial charge in [-0.1, -0.05) is 39.3 Å². The second-order valence-electron chi connectivity index (χ2n) is 2.22. The number of anilines is 1. The SMILES string of the molecule is CC.CC.CNc1cc(Cl)c(F)cc1SC. The summed E-state index contributed by atoms with van der Waals surface area (Å²) in [6.07, 6.45) is 1.89. The van der Waals surface area contributed by atoms with Crippen LogP contribution in [0.15, 0.2) is 17.0 Å². The highest BCUT2D eigenvalue weighted by molar-refractivity contribution is 7.98. The molecule has 0 unspecified atom stereocenters. The van der Waals surface area contributed by atoms with E-state index in [1.165, 1.54) is 17.8 Å². The highest BCUT2D eigenvalue weighted by Crippen LogP contribution is 2.30. The molecule has 0 bridgehead atoms. The molecule has 16 heavy (non-hydrogen) atoms. The summed E-state index contributed by atoms with van der Waals surface area (Å²) in [4.78, 5) is 0.861. The van der Waals surface area contributed by atoms with E-state index < -0.39 is 0 Å². The summed E-state index contributed by atoms with van der Waals surface area (Å²) >= 11 is 7.08. The van der Waals surface area contributed by atoms with E-state index in [1.54, 1.807) is 13.1 Å². The van der Waals surface area contributed by atoms with Crippen molar-refractivity contribution in [2.75, 3.05) is 18.6 Å². The van der Waals surface area contributed by atoms with Crippen molar-refractivity contribution in [3.63, 3.8) is 0 Å². The maximum atomic E-state index is 12.9. The molecule has 0 amide bonds. The van der Waals surface area contributed by atoms with Crippen LogP contribution in [-0.2, 0) is 0 Å². The van der Waals surface area contributed by atoms with Gasteiger partial charge in [0.15, 0.2) is 0 Å². The molecule has 0 saturated heterocycles. The molecule has 0 aromatic heterocycles. The standard InChI is InChI=1S/C8H9ClFNS.2C2H6/c1-11-7-3-5(9)6(10)4-8(7)12-2;2*1-2/h3-4,11H,1-2H3;2*1-2H3. The van der Waals surface area contributed by atoms with Crippen LogP contribution in [0, 0.1) is 5.82 Å². The van der Waals surface area contributed by atoms with Gasteiger partial charge in [-0.15, -0.1) is 11.8 Å². The number of nitrogens with one attached hydrogen (secondary N) is 1. The molecule has 0 atom stereocenters. The summed E-state index contributed by atoms with van der Waals surface area (Å²) in [6.45, 7) is 8.00. The fourth-order valence-corrected chi connectivity index (χ4v) is 1.66. The Morgan fingerprint density at radius 2 is 1.69 bits per heavy atom. The molecular weight excluding hydrogens is 245 g/mol. The van der Waals surface area contributed by atoms with Gasteiger partial charge in [0.05, 0.1) is 5.02 Å². The van der Waals surface area contributed by atoms with Crippen LogP contribution in [0.1, 0.15) is 27.7 Å². The Hall–Kier alpha value is -0.410. The van der Waals surface area contributed by atoms with Crippen LogP contribution < -0.4 is 5.32 Å². The van der Waals surface area contributed by atoms with Gasteiger partial charge in [-0.2, -0.15) is 0 Å². The van der Waals surface area contributed by atoms with E-state index in [-0.39, 0.29) is 10.8 Å². The van der Waals surface area contributed by atoms with Crippen molar-refractivity contribution in [2.45, 2.75) is 32.6 Å². The minimum Gasteiger partial charge on any atom is -0.387 e. The molecule has 1 aromatic carbocycles. The van der Waals surface area contributed by atoms with Crippen LogP contribution in [0.3, 0.4) is 0 Å². The van der Waals surface area contributed by atoms with Crippen LogP contribution in [0.25, 0.3) is 0 Å². The number of hydrogen-bond donors (Lipinski definition) is 1. The number of benzene rings is 1. The third kappa shape index (κ3) is 5.61. The number of thioether (sulfide) groups is 1. The van der Waals surface area contributed by atoms with E-state index >= 15 is 0 Å². The minimum atomic E-state index is -0.375. The van der Waals surface area contributed by atoms with Crippen LogP contribution in [0.5, 0.6) is 0 Å². The molecule has 1 rings (SSSR count). The summed E-state index contributed by atoms with van der Waals surface area (Å²) in [5.41, 5.74) is 0.855. The van der Waals surface area contributed by atoms with Gasteiger partial charge in [0.25, 0.3) is 0 Å². The van der Waals surface area contributed by atoms with Gasteiger partial charge in [-0.05, 0) is 18.4 Å². The molecule has 0 saturated carbocycles. The van der Waals surface area contributed by atoms with Gasteiger partial charge in [0, 0.05) is 17.6 Å². The summed E-state index contributed by atoms with van der Waals surface area (Å²) < 4.78 is 12.9. The summed E-state index contributed by atoms with van der Waals surface area (Å²) in [5.74, 6) is -0.375. The molecule has 0 radical (unpaired) electrons. The van der Waals surface area contributed by atoms with Crippen molar-refractivity contribution >= 4 is 29.1 Å². The zero-order valence-electron chi connectivity index (χ0n) is 10.8. The van der Waals surface area contributed by atoms with Crippen molar-refractivity contribution in [3.05, 3.63) is 23.0 Å². The smallest absolute Gasteiger partial charge is 0.143 e.